The molecule has 1 aromatic carbocycles. The summed E-state index contributed by atoms with van der Waals surface area (Å²) in [5, 5.41) is 10.7. The van der Waals surface area contributed by atoms with Gasteiger partial charge in [-0.25, -0.2) is 9.38 Å². The van der Waals surface area contributed by atoms with Gasteiger partial charge < -0.3 is 15.4 Å². The Morgan fingerprint density at radius 1 is 1.16 bits per heavy atom. The zero-order valence-corrected chi connectivity index (χ0v) is 17.5. The highest BCUT2D eigenvalue weighted by molar-refractivity contribution is 14.0. The summed E-state index contributed by atoms with van der Waals surface area (Å²) in [5.74, 6) is 1.29. The van der Waals surface area contributed by atoms with Crippen LogP contribution in [0.15, 0.2) is 46.1 Å². The van der Waals surface area contributed by atoms with E-state index in [0.29, 0.717) is 18.9 Å². The van der Waals surface area contributed by atoms with Gasteiger partial charge in [0.15, 0.2) is 5.96 Å². The number of thiophene rings is 1. The molecular weight excluding hydrogens is 452 g/mol. The van der Waals surface area contributed by atoms with E-state index in [1.54, 1.807) is 23.5 Å². The fraction of sp³-hybridized carbons (Fsp3) is 0.389. The van der Waals surface area contributed by atoms with E-state index in [9.17, 15) is 4.39 Å². The average molecular weight is 477 g/mol. The molecule has 0 saturated heterocycles. The highest BCUT2D eigenvalue weighted by Crippen LogP contribution is 2.11. The van der Waals surface area contributed by atoms with Crippen molar-refractivity contribution in [3.63, 3.8) is 0 Å². The molecule has 0 saturated carbocycles. The Hall–Kier alpha value is -1.35. The van der Waals surface area contributed by atoms with Gasteiger partial charge in [-0.3, -0.25) is 0 Å². The zero-order valence-electron chi connectivity index (χ0n) is 14.3. The predicted molar refractivity (Wildman–Crippen MR) is 114 cm³/mol. The molecule has 0 amide bonds. The largest absolute Gasteiger partial charge is 0.494 e. The number of hydrogen-bond donors (Lipinski definition) is 2. The highest BCUT2D eigenvalue weighted by Gasteiger charge is 1.99. The Bertz CT molecular complexity index is 605. The SMILES string of the molecule is CCNC(=NCc1ccsc1)NCCCCOc1ccc(F)cc1.I. The Morgan fingerprint density at radius 2 is 1.96 bits per heavy atom. The van der Waals surface area contributed by atoms with Crippen molar-refractivity contribution in [1.29, 1.82) is 0 Å². The van der Waals surface area contributed by atoms with Crippen LogP contribution in [0.4, 0.5) is 4.39 Å². The van der Waals surface area contributed by atoms with Crippen molar-refractivity contribution in [2.45, 2.75) is 26.3 Å². The molecule has 1 heterocycles. The van der Waals surface area contributed by atoms with Crippen molar-refractivity contribution in [3.05, 3.63) is 52.5 Å². The number of unbranched alkanes of at least 4 members (excludes halogenated alkanes) is 1. The second kappa shape index (κ2) is 12.9. The molecule has 2 rings (SSSR count). The Morgan fingerprint density at radius 3 is 2.64 bits per heavy atom. The summed E-state index contributed by atoms with van der Waals surface area (Å²) >= 11 is 1.69. The minimum Gasteiger partial charge on any atom is -0.494 e. The summed E-state index contributed by atoms with van der Waals surface area (Å²) in [6, 6.07) is 8.19. The summed E-state index contributed by atoms with van der Waals surface area (Å²) in [6.07, 6.45) is 1.90. The number of ether oxygens (including phenoxy) is 1. The summed E-state index contributed by atoms with van der Waals surface area (Å²) in [4.78, 5) is 4.56. The highest BCUT2D eigenvalue weighted by atomic mass is 127. The molecule has 0 aliphatic carbocycles. The van der Waals surface area contributed by atoms with Gasteiger partial charge in [0.2, 0.25) is 0 Å². The normalized spacial score (nSPS) is 10.9. The zero-order chi connectivity index (χ0) is 17.0. The molecule has 4 nitrogen and oxygen atoms in total. The first-order valence-corrected chi connectivity index (χ1v) is 9.14. The van der Waals surface area contributed by atoms with E-state index in [4.69, 9.17) is 4.74 Å². The summed E-state index contributed by atoms with van der Waals surface area (Å²) in [5.41, 5.74) is 1.23. The lowest BCUT2D eigenvalue weighted by atomic mass is 10.3. The van der Waals surface area contributed by atoms with E-state index in [-0.39, 0.29) is 29.8 Å². The van der Waals surface area contributed by atoms with Gasteiger partial charge in [-0.15, -0.1) is 24.0 Å². The van der Waals surface area contributed by atoms with Gasteiger partial charge in [0.25, 0.3) is 0 Å². The lowest BCUT2D eigenvalue weighted by Crippen LogP contribution is -2.37. The number of guanidine groups is 1. The standard InChI is InChI=1S/C18H24FN3OS.HI/c1-2-20-18(22-13-15-9-12-24-14-15)21-10-3-4-11-23-17-7-5-16(19)6-8-17;/h5-9,12,14H,2-4,10-11,13H2,1H3,(H2,20,21,22);1H. The monoisotopic (exact) mass is 477 g/mol. The maximum absolute atomic E-state index is 12.8. The van der Waals surface area contributed by atoms with Crippen molar-refractivity contribution in [1.82, 2.24) is 10.6 Å². The molecule has 0 spiro atoms. The molecule has 138 valence electrons. The first-order chi connectivity index (χ1) is 11.8. The van der Waals surface area contributed by atoms with Gasteiger partial charge >= 0.3 is 0 Å². The van der Waals surface area contributed by atoms with E-state index in [1.165, 1.54) is 17.7 Å². The van der Waals surface area contributed by atoms with Crippen LogP contribution in [0.5, 0.6) is 5.75 Å². The van der Waals surface area contributed by atoms with Crippen LogP contribution < -0.4 is 15.4 Å². The van der Waals surface area contributed by atoms with Crippen LogP contribution in [0, 0.1) is 5.82 Å². The summed E-state index contributed by atoms with van der Waals surface area (Å²) in [6.45, 7) is 5.03. The lowest BCUT2D eigenvalue weighted by molar-refractivity contribution is 0.306. The van der Waals surface area contributed by atoms with Crippen molar-refractivity contribution < 1.29 is 9.13 Å². The van der Waals surface area contributed by atoms with E-state index >= 15 is 0 Å². The number of nitrogens with zero attached hydrogens (tertiary/aromatic N) is 1. The molecule has 0 atom stereocenters. The average Bonchev–Trinajstić information content (AvgIpc) is 3.11. The topological polar surface area (TPSA) is 45.7 Å². The molecule has 7 heteroatoms. The number of rotatable bonds is 9. The first-order valence-electron chi connectivity index (χ1n) is 8.19. The second-order valence-electron chi connectivity index (χ2n) is 5.26. The number of nitrogens with one attached hydrogen (secondary N) is 2. The van der Waals surface area contributed by atoms with Crippen LogP contribution in [-0.4, -0.2) is 25.7 Å². The van der Waals surface area contributed by atoms with E-state index < -0.39 is 0 Å². The fourth-order valence-corrected chi connectivity index (χ4v) is 2.71. The molecule has 0 radical (unpaired) electrons. The number of hydrogen-bond acceptors (Lipinski definition) is 3. The molecule has 0 aliphatic rings. The molecule has 0 fully saturated rings. The van der Waals surface area contributed by atoms with Gasteiger partial charge in [0.1, 0.15) is 11.6 Å². The van der Waals surface area contributed by atoms with Gasteiger partial charge in [-0.1, -0.05) is 0 Å². The molecule has 0 unspecified atom stereocenters. The molecule has 2 aromatic rings. The van der Waals surface area contributed by atoms with Crippen LogP contribution in [0.3, 0.4) is 0 Å². The van der Waals surface area contributed by atoms with E-state index in [2.05, 4.69) is 39.4 Å². The van der Waals surface area contributed by atoms with Gasteiger partial charge in [-0.2, -0.15) is 11.3 Å². The predicted octanol–water partition coefficient (Wildman–Crippen LogP) is 4.42. The first kappa shape index (κ1) is 21.7. The van der Waals surface area contributed by atoms with Crippen LogP contribution in [-0.2, 0) is 6.54 Å². The van der Waals surface area contributed by atoms with E-state index in [0.717, 1.165) is 31.9 Å². The van der Waals surface area contributed by atoms with Crippen LogP contribution in [0.1, 0.15) is 25.3 Å². The Balaban J connectivity index is 0.00000312. The summed E-state index contributed by atoms with van der Waals surface area (Å²) in [7, 11) is 0. The van der Waals surface area contributed by atoms with Crippen molar-refractivity contribution in [3.8, 4) is 5.75 Å². The lowest BCUT2D eigenvalue weighted by Gasteiger charge is -2.11. The number of benzene rings is 1. The molecule has 25 heavy (non-hydrogen) atoms. The molecule has 1 aromatic heterocycles. The molecular formula is C18H25FIN3OS. The quantitative estimate of drug-likeness (QED) is 0.243. The molecule has 2 N–H and O–H groups in total. The minimum atomic E-state index is -0.246. The van der Waals surface area contributed by atoms with E-state index in [1.807, 2.05) is 0 Å². The van der Waals surface area contributed by atoms with Gasteiger partial charge in [0.05, 0.1) is 13.2 Å². The van der Waals surface area contributed by atoms with Crippen LogP contribution in [0.2, 0.25) is 0 Å². The third kappa shape index (κ3) is 9.06. The molecule has 0 bridgehead atoms. The Kier molecular flexibility index (Phi) is 11.2. The van der Waals surface area contributed by atoms with Crippen molar-refractivity contribution >= 4 is 41.3 Å². The van der Waals surface area contributed by atoms with Crippen molar-refractivity contribution in [2.75, 3.05) is 19.7 Å². The number of aliphatic imine (C=N–C) groups is 1. The van der Waals surface area contributed by atoms with Crippen LogP contribution in [0.25, 0.3) is 0 Å². The maximum Gasteiger partial charge on any atom is 0.191 e. The van der Waals surface area contributed by atoms with Gasteiger partial charge in [-0.05, 0) is 66.4 Å². The summed E-state index contributed by atoms with van der Waals surface area (Å²) < 4.78 is 18.4. The third-order valence-electron chi connectivity index (χ3n) is 3.29. The maximum atomic E-state index is 12.8. The van der Waals surface area contributed by atoms with Crippen LogP contribution >= 0.6 is 35.3 Å². The minimum absolute atomic E-state index is 0. The smallest absolute Gasteiger partial charge is 0.191 e. The third-order valence-corrected chi connectivity index (χ3v) is 4.02. The molecule has 0 aliphatic heterocycles. The van der Waals surface area contributed by atoms with Gasteiger partial charge in [0, 0.05) is 13.1 Å². The Labute approximate surface area is 169 Å². The second-order valence-corrected chi connectivity index (χ2v) is 6.04. The fourth-order valence-electron chi connectivity index (χ4n) is 2.05. The van der Waals surface area contributed by atoms with Crippen molar-refractivity contribution in [2.24, 2.45) is 4.99 Å². The number of halogens is 2.